The largest absolute Gasteiger partial charge is 0.436 e. The summed E-state index contributed by atoms with van der Waals surface area (Å²) in [6.45, 7) is 4.91. The van der Waals surface area contributed by atoms with E-state index in [4.69, 9.17) is 9.47 Å². The van der Waals surface area contributed by atoms with E-state index in [0.717, 1.165) is 45.3 Å². The van der Waals surface area contributed by atoms with Crippen LogP contribution in [0.3, 0.4) is 0 Å². The lowest BCUT2D eigenvalue weighted by Gasteiger charge is -2.38. The van der Waals surface area contributed by atoms with Crippen LogP contribution in [-0.2, 0) is 20.8 Å². The number of likely N-dealkylation sites (tertiary alicyclic amines) is 1. The van der Waals surface area contributed by atoms with E-state index in [1.54, 1.807) is 0 Å². The number of esters is 1. The molecule has 0 aromatic heterocycles. The molecular weight excluding hydrogens is 278 g/mol. The molecule has 2 aliphatic heterocycles. The van der Waals surface area contributed by atoms with Crippen molar-refractivity contribution < 1.29 is 14.3 Å². The van der Waals surface area contributed by atoms with Gasteiger partial charge in [0.25, 0.3) is 0 Å². The highest BCUT2D eigenvalue weighted by atomic mass is 16.7. The van der Waals surface area contributed by atoms with Crippen LogP contribution in [0.2, 0.25) is 0 Å². The van der Waals surface area contributed by atoms with Crippen LogP contribution >= 0.6 is 0 Å². The molecule has 22 heavy (non-hydrogen) atoms. The first-order chi connectivity index (χ1) is 10.7. The predicted octanol–water partition coefficient (Wildman–Crippen LogP) is 3.11. The average molecular weight is 303 g/mol. The first kappa shape index (κ1) is 15.5. The quantitative estimate of drug-likeness (QED) is 0.801. The summed E-state index contributed by atoms with van der Waals surface area (Å²) in [7, 11) is 0. The molecule has 0 saturated carbocycles. The summed E-state index contributed by atoms with van der Waals surface area (Å²) in [5.41, 5.74) is 1.30. The third-order valence-electron chi connectivity index (χ3n) is 4.78. The van der Waals surface area contributed by atoms with Crippen molar-refractivity contribution in [2.45, 2.75) is 57.5 Å². The minimum atomic E-state index is -0.326. The van der Waals surface area contributed by atoms with Gasteiger partial charge >= 0.3 is 5.97 Å². The van der Waals surface area contributed by atoms with E-state index < -0.39 is 0 Å². The molecule has 2 heterocycles. The van der Waals surface area contributed by atoms with Gasteiger partial charge in [-0.25, -0.2) is 0 Å². The predicted molar refractivity (Wildman–Crippen MR) is 84.2 cm³/mol. The number of piperidine rings is 1. The molecule has 120 valence electrons. The smallest absolute Gasteiger partial charge is 0.307 e. The Kier molecular flexibility index (Phi) is 4.79. The first-order valence-corrected chi connectivity index (χ1v) is 8.33. The standard InChI is InChI=1S/C18H25NO3/c1-2-16(20)21-17-8-9-18(22-17)10-12-19(13-11-18)14-15-6-4-3-5-7-15/h3-7,17H,2,8-14H2,1H3. The summed E-state index contributed by atoms with van der Waals surface area (Å²) in [6.07, 6.45) is 3.99. The minimum Gasteiger partial charge on any atom is -0.436 e. The van der Waals surface area contributed by atoms with Crippen molar-refractivity contribution in [3.63, 3.8) is 0 Å². The van der Waals surface area contributed by atoms with Crippen molar-refractivity contribution in [3.8, 4) is 0 Å². The van der Waals surface area contributed by atoms with Crippen molar-refractivity contribution >= 4 is 5.97 Å². The zero-order valence-electron chi connectivity index (χ0n) is 13.3. The molecule has 2 fully saturated rings. The second-order valence-electron chi connectivity index (χ2n) is 6.37. The van der Waals surface area contributed by atoms with E-state index >= 15 is 0 Å². The van der Waals surface area contributed by atoms with Gasteiger partial charge in [-0.15, -0.1) is 0 Å². The number of carbonyl (C=O) groups excluding carboxylic acids is 1. The number of carbonyl (C=O) groups is 1. The third kappa shape index (κ3) is 3.68. The van der Waals surface area contributed by atoms with Gasteiger partial charge < -0.3 is 9.47 Å². The molecule has 0 radical (unpaired) electrons. The fraction of sp³-hybridized carbons (Fsp3) is 0.611. The van der Waals surface area contributed by atoms with Crippen LogP contribution in [-0.4, -0.2) is 35.8 Å². The Morgan fingerprint density at radius 2 is 2.00 bits per heavy atom. The van der Waals surface area contributed by atoms with Crippen molar-refractivity contribution in [1.82, 2.24) is 4.90 Å². The first-order valence-electron chi connectivity index (χ1n) is 8.33. The van der Waals surface area contributed by atoms with Gasteiger partial charge in [-0.3, -0.25) is 9.69 Å². The van der Waals surface area contributed by atoms with Gasteiger partial charge in [-0.2, -0.15) is 0 Å². The number of hydrogen-bond donors (Lipinski definition) is 0. The molecule has 2 saturated heterocycles. The fourth-order valence-electron chi connectivity index (χ4n) is 3.42. The molecule has 0 N–H and O–H groups in total. The van der Waals surface area contributed by atoms with Crippen LogP contribution in [0.25, 0.3) is 0 Å². The van der Waals surface area contributed by atoms with Gasteiger partial charge in [0.1, 0.15) is 0 Å². The summed E-state index contributed by atoms with van der Waals surface area (Å²) in [4.78, 5) is 13.9. The minimum absolute atomic E-state index is 0.0636. The maximum absolute atomic E-state index is 11.4. The van der Waals surface area contributed by atoms with E-state index in [0.29, 0.717) is 6.42 Å². The van der Waals surface area contributed by atoms with Gasteiger partial charge in [-0.05, 0) is 24.8 Å². The molecule has 0 amide bonds. The van der Waals surface area contributed by atoms with Crippen LogP contribution in [0.4, 0.5) is 0 Å². The molecule has 4 nitrogen and oxygen atoms in total. The highest BCUT2D eigenvalue weighted by molar-refractivity contribution is 5.69. The van der Waals surface area contributed by atoms with Gasteiger partial charge in [0, 0.05) is 32.5 Å². The lowest BCUT2D eigenvalue weighted by molar-refractivity contribution is -0.193. The Balaban J connectivity index is 1.48. The summed E-state index contributed by atoms with van der Waals surface area (Å²) in [5.74, 6) is -0.163. The lowest BCUT2D eigenvalue weighted by Crippen LogP contribution is -2.44. The van der Waals surface area contributed by atoms with Crippen LogP contribution < -0.4 is 0 Å². The Bertz CT molecular complexity index is 494. The number of benzene rings is 1. The normalized spacial score (nSPS) is 24.5. The maximum atomic E-state index is 11.4. The van der Waals surface area contributed by atoms with Crippen LogP contribution in [0.5, 0.6) is 0 Å². The lowest BCUT2D eigenvalue weighted by atomic mass is 9.88. The highest BCUT2D eigenvalue weighted by Gasteiger charge is 2.43. The highest BCUT2D eigenvalue weighted by Crippen LogP contribution is 2.39. The Morgan fingerprint density at radius 3 is 2.68 bits per heavy atom. The van der Waals surface area contributed by atoms with Crippen LogP contribution in [0.1, 0.15) is 44.6 Å². The van der Waals surface area contributed by atoms with Crippen molar-refractivity contribution in [2.75, 3.05) is 13.1 Å². The molecule has 1 unspecified atom stereocenters. The molecule has 2 aliphatic rings. The zero-order chi connectivity index (χ0) is 15.4. The van der Waals surface area contributed by atoms with Gasteiger partial charge in [0.2, 0.25) is 6.29 Å². The molecular formula is C18H25NO3. The molecule has 0 aliphatic carbocycles. The summed E-state index contributed by atoms with van der Waals surface area (Å²) >= 11 is 0. The average Bonchev–Trinajstić information content (AvgIpc) is 2.93. The van der Waals surface area contributed by atoms with E-state index in [1.165, 1.54) is 5.56 Å². The SMILES string of the molecule is CCC(=O)OC1CCC2(CCN(Cc3ccccc3)CC2)O1. The Hall–Kier alpha value is -1.39. The fourth-order valence-corrected chi connectivity index (χ4v) is 3.42. The molecule has 0 bridgehead atoms. The number of nitrogens with zero attached hydrogens (tertiary/aromatic N) is 1. The number of hydrogen-bond acceptors (Lipinski definition) is 4. The van der Waals surface area contributed by atoms with E-state index in [1.807, 2.05) is 6.92 Å². The number of ether oxygens (including phenoxy) is 2. The maximum Gasteiger partial charge on any atom is 0.307 e. The molecule has 1 aromatic rings. The van der Waals surface area contributed by atoms with E-state index in [9.17, 15) is 4.79 Å². The van der Waals surface area contributed by atoms with Crippen LogP contribution in [0, 0.1) is 0 Å². The monoisotopic (exact) mass is 303 g/mol. The van der Waals surface area contributed by atoms with E-state index in [2.05, 4.69) is 35.2 Å². The summed E-state index contributed by atoms with van der Waals surface area (Å²) < 4.78 is 11.4. The van der Waals surface area contributed by atoms with Crippen molar-refractivity contribution in [3.05, 3.63) is 35.9 Å². The Morgan fingerprint density at radius 1 is 1.27 bits per heavy atom. The number of rotatable bonds is 4. The summed E-state index contributed by atoms with van der Waals surface area (Å²) in [5, 5.41) is 0. The van der Waals surface area contributed by atoms with Gasteiger partial charge in [0.15, 0.2) is 0 Å². The molecule has 4 heteroatoms. The zero-order valence-corrected chi connectivity index (χ0v) is 13.3. The van der Waals surface area contributed by atoms with E-state index in [-0.39, 0.29) is 17.9 Å². The molecule has 1 atom stereocenters. The van der Waals surface area contributed by atoms with Gasteiger partial charge in [-0.1, -0.05) is 37.3 Å². The van der Waals surface area contributed by atoms with Crippen LogP contribution in [0.15, 0.2) is 30.3 Å². The molecule has 1 aromatic carbocycles. The van der Waals surface area contributed by atoms with Gasteiger partial charge in [0.05, 0.1) is 5.60 Å². The molecule has 1 spiro atoms. The second-order valence-corrected chi connectivity index (χ2v) is 6.37. The topological polar surface area (TPSA) is 38.8 Å². The van der Waals surface area contributed by atoms with Crippen molar-refractivity contribution in [2.24, 2.45) is 0 Å². The second kappa shape index (κ2) is 6.80. The van der Waals surface area contributed by atoms with Crippen molar-refractivity contribution in [1.29, 1.82) is 0 Å². The Labute approximate surface area is 132 Å². The third-order valence-corrected chi connectivity index (χ3v) is 4.78. The molecule has 3 rings (SSSR count). The summed E-state index contributed by atoms with van der Waals surface area (Å²) in [6, 6.07) is 10.6.